The fraction of sp³-hybridized carbons (Fsp3) is 0.323. The van der Waals surface area contributed by atoms with Crippen LogP contribution < -0.4 is 4.74 Å². The van der Waals surface area contributed by atoms with Crippen LogP contribution in [0.3, 0.4) is 0 Å². The molecule has 3 aromatic heterocycles. The van der Waals surface area contributed by atoms with Gasteiger partial charge >= 0.3 is 0 Å². The fourth-order valence-electron chi connectivity index (χ4n) is 4.85. The van der Waals surface area contributed by atoms with Gasteiger partial charge < -0.3 is 14.4 Å². The summed E-state index contributed by atoms with van der Waals surface area (Å²) in [6.07, 6.45) is 5.53. The zero-order valence-corrected chi connectivity index (χ0v) is 23.3. The van der Waals surface area contributed by atoms with E-state index in [1.54, 1.807) is 41.4 Å². The number of ether oxygens (including phenoxy) is 2. The number of aromatic nitrogens is 2. The highest BCUT2D eigenvalue weighted by Crippen LogP contribution is 2.39. The van der Waals surface area contributed by atoms with E-state index in [0.717, 1.165) is 22.4 Å². The minimum absolute atomic E-state index is 0.0713. The zero-order valence-electron chi connectivity index (χ0n) is 22.5. The molecule has 8 nitrogen and oxygen atoms in total. The van der Waals surface area contributed by atoms with Gasteiger partial charge in [0.25, 0.3) is 5.91 Å². The Hall–Kier alpha value is -4.02. The SMILES string of the molecule is CC(=O)C1CN(C(=O)c2ccc(-c3cc4nccc(Oc5ccc(CC(=O)CC6CC6)cc5F)c4s3)nc2)CCO1. The highest BCUT2D eigenvalue weighted by atomic mass is 32.1. The summed E-state index contributed by atoms with van der Waals surface area (Å²) in [5.41, 5.74) is 2.40. The molecule has 10 heteroatoms. The van der Waals surface area contributed by atoms with Gasteiger partial charge in [-0.1, -0.05) is 6.07 Å². The largest absolute Gasteiger partial charge is 0.453 e. The Kier molecular flexibility index (Phi) is 7.59. The number of ketones is 2. The van der Waals surface area contributed by atoms with Gasteiger partial charge in [0.05, 0.1) is 39.5 Å². The van der Waals surface area contributed by atoms with E-state index in [1.165, 1.54) is 30.5 Å². The number of Topliss-reactive ketones (excluding diaryl/α,β-unsaturated/α-hetero) is 2. The van der Waals surface area contributed by atoms with Crippen LogP contribution in [-0.2, 0) is 20.7 Å². The molecule has 1 aromatic carbocycles. The summed E-state index contributed by atoms with van der Waals surface area (Å²) in [6.45, 7) is 2.41. The summed E-state index contributed by atoms with van der Waals surface area (Å²) >= 11 is 1.40. The molecule has 2 fully saturated rings. The number of rotatable bonds is 9. The van der Waals surface area contributed by atoms with Crippen LogP contribution in [-0.4, -0.2) is 58.1 Å². The lowest BCUT2D eigenvalue weighted by Crippen LogP contribution is -2.48. The summed E-state index contributed by atoms with van der Waals surface area (Å²) in [7, 11) is 0. The number of hydrogen-bond donors (Lipinski definition) is 0. The molecule has 41 heavy (non-hydrogen) atoms. The third kappa shape index (κ3) is 6.18. The first-order valence-corrected chi connectivity index (χ1v) is 14.4. The predicted molar refractivity (Wildman–Crippen MR) is 152 cm³/mol. The monoisotopic (exact) mass is 573 g/mol. The van der Waals surface area contributed by atoms with Crippen LogP contribution in [0.2, 0.25) is 0 Å². The number of pyridine rings is 2. The van der Waals surface area contributed by atoms with E-state index in [1.807, 2.05) is 6.07 Å². The van der Waals surface area contributed by atoms with Crippen LogP contribution in [0.5, 0.6) is 11.5 Å². The Bertz CT molecular complexity index is 1630. The van der Waals surface area contributed by atoms with Crippen molar-refractivity contribution < 1.29 is 28.2 Å². The molecule has 210 valence electrons. The van der Waals surface area contributed by atoms with Gasteiger partial charge in [0.2, 0.25) is 0 Å². The Morgan fingerprint density at radius 3 is 2.68 bits per heavy atom. The molecule has 1 aliphatic heterocycles. The Morgan fingerprint density at radius 2 is 1.95 bits per heavy atom. The van der Waals surface area contributed by atoms with Gasteiger partial charge in [0.15, 0.2) is 17.3 Å². The summed E-state index contributed by atoms with van der Waals surface area (Å²) in [5.74, 6) is 0.341. The van der Waals surface area contributed by atoms with Crippen molar-refractivity contribution in [2.75, 3.05) is 19.7 Å². The van der Waals surface area contributed by atoms with E-state index in [9.17, 15) is 18.8 Å². The van der Waals surface area contributed by atoms with Crippen molar-refractivity contribution in [3.63, 3.8) is 0 Å². The lowest BCUT2D eigenvalue weighted by atomic mass is 10.0. The summed E-state index contributed by atoms with van der Waals surface area (Å²) in [5, 5.41) is 0. The molecule has 0 radical (unpaired) electrons. The van der Waals surface area contributed by atoms with Gasteiger partial charge in [-0.25, -0.2) is 4.39 Å². The predicted octanol–water partition coefficient (Wildman–Crippen LogP) is 5.63. The van der Waals surface area contributed by atoms with Crippen LogP contribution >= 0.6 is 11.3 Å². The molecule has 1 atom stereocenters. The maximum atomic E-state index is 14.9. The van der Waals surface area contributed by atoms with Gasteiger partial charge in [-0.15, -0.1) is 11.3 Å². The van der Waals surface area contributed by atoms with Crippen molar-refractivity contribution in [2.24, 2.45) is 5.92 Å². The molecule has 1 aliphatic carbocycles. The van der Waals surface area contributed by atoms with Gasteiger partial charge in [-0.3, -0.25) is 24.4 Å². The Balaban J connectivity index is 1.17. The number of benzene rings is 1. The fourth-order valence-corrected chi connectivity index (χ4v) is 5.89. The van der Waals surface area contributed by atoms with Crippen molar-refractivity contribution in [1.29, 1.82) is 0 Å². The first-order chi connectivity index (χ1) is 19.8. The van der Waals surface area contributed by atoms with Gasteiger partial charge in [-0.05, 0) is 61.6 Å². The topological polar surface area (TPSA) is 98.7 Å². The van der Waals surface area contributed by atoms with Crippen LogP contribution in [0, 0.1) is 11.7 Å². The average Bonchev–Trinajstić information content (AvgIpc) is 3.67. The second kappa shape index (κ2) is 11.5. The number of morpholine rings is 1. The first-order valence-electron chi connectivity index (χ1n) is 13.6. The molecule has 1 unspecified atom stereocenters. The molecular formula is C31H28FN3O5S. The summed E-state index contributed by atoms with van der Waals surface area (Å²) in [4.78, 5) is 48.2. The first kappa shape index (κ1) is 27.2. The molecule has 1 saturated carbocycles. The molecule has 6 rings (SSSR count). The smallest absolute Gasteiger partial charge is 0.255 e. The van der Waals surface area contributed by atoms with E-state index in [-0.39, 0.29) is 36.2 Å². The minimum atomic E-state index is -0.602. The van der Waals surface area contributed by atoms with Crippen molar-refractivity contribution >= 4 is 39.0 Å². The molecule has 1 amide bonds. The summed E-state index contributed by atoms with van der Waals surface area (Å²) < 4.78 is 27.0. The lowest BCUT2D eigenvalue weighted by Gasteiger charge is -2.31. The Labute approximate surface area is 240 Å². The van der Waals surface area contributed by atoms with Crippen molar-refractivity contribution in [3.8, 4) is 22.1 Å². The maximum absolute atomic E-state index is 14.9. The Morgan fingerprint density at radius 1 is 1.10 bits per heavy atom. The van der Waals surface area contributed by atoms with Crippen LogP contribution in [0.4, 0.5) is 4.39 Å². The lowest BCUT2D eigenvalue weighted by molar-refractivity contribution is -0.132. The molecule has 1 saturated heterocycles. The molecule has 2 aliphatic rings. The number of nitrogens with zero attached hydrogens (tertiary/aromatic N) is 3. The molecule has 0 spiro atoms. The summed E-state index contributed by atoms with van der Waals surface area (Å²) in [6, 6.07) is 11.7. The molecule has 0 N–H and O–H groups in total. The zero-order chi connectivity index (χ0) is 28.5. The number of amides is 1. The quantitative estimate of drug-likeness (QED) is 0.256. The highest BCUT2D eigenvalue weighted by molar-refractivity contribution is 7.22. The average molecular weight is 574 g/mol. The van der Waals surface area contributed by atoms with Crippen LogP contribution in [0.1, 0.15) is 42.1 Å². The minimum Gasteiger partial charge on any atom is -0.453 e. The van der Waals surface area contributed by atoms with Crippen LogP contribution in [0.15, 0.2) is 54.9 Å². The molecule has 4 heterocycles. The normalized spacial score (nSPS) is 17.0. The maximum Gasteiger partial charge on any atom is 0.255 e. The van der Waals surface area contributed by atoms with Crippen molar-refractivity contribution in [2.45, 2.75) is 38.7 Å². The van der Waals surface area contributed by atoms with E-state index in [2.05, 4.69) is 9.97 Å². The number of carbonyl (C=O) groups excluding carboxylic acids is 3. The van der Waals surface area contributed by atoms with E-state index in [4.69, 9.17) is 9.47 Å². The number of carbonyl (C=O) groups is 3. The number of thiophene rings is 1. The number of halogens is 1. The van der Waals surface area contributed by atoms with E-state index in [0.29, 0.717) is 53.6 Å². The molecule has 4 aromatic rings. The second-order valence-electron chi connectivity index (χ2n) is 10.5. The van der Waals surface area contributed by atoms with E-state index < -0.39 is 11.9 Å². The highest BCUT2D eigenvalue weighted by Gasteiger charge is 2.28. The van der Waals surface area contributed by atoms with Gasteiger partial charge in [0.1, 0.15) is 17.6 Å². The van der Waals surface area contributed by atoms with Gasteiger partial charge in [0, 0.05) is 37.8 Å². The number of fused-ring (bicyclic) bond motifs is 1. The van der Waals surface area contributed by atoms with Gasteiger partial charge in [-0.2, -0.15) is 0 Å². The third-order valence-electron chi connectivity index (χ3n) is 7.28. The van der Waals surface area contributed by atoms with Crippen molar-refractivity contribution in [3.05, 3.63) is 71.8 Å². The molecular weight excluding hydrogens is 545 g/mol. The van der Waals surface area contributed by atoms with E-state index >= 15 is 0 Å². The van der Waals surface area contributed by atoms with Crippen LogP contribution in [0.25, 0.3) is 20.8 Å². The molecule has 0 bridgehead atoms. The third-order valence-corrected chi connectivity index (χ3v) is 8.44. The standard InChI is InChI=1S/C31H28FN3O5S/c1-18(36)28-17-35(10-11-39-28)31(38)21-5-6-24(34-16-21)29-15-25-30(41-29)27(8-9-33-25)40-26-7-4-20(14-23(26)32)13-22(37)12-19-2-3-19/h4-9,14-16,19,28H,2-3,10-13,17H2,1H3. The second-order valence-corrected chi connectivity index (χ2v) is 11.6. The van der Waals surface area contributed by atoms with Crippen molar-refractivity contribution in [1.82, 2.24) is 14.9 Å². The number of hydrogen-bond acceptors (Lipinski definition) is 8.